The number of rotatable bonds is 21. The topological polar surface area (TPSA) is 175 Å². The lowest BCUT2D eigenvalue weighted by molar-refractivity contribution is -0.0664. The standard InChI is InChI=1S/C22H30N6OS.C14H24N4OS.C8H7ClN2.B24/c23-22-24-13-18(30-22)14-27-9-5-16(6-10-27)29-17-7-11-28(12-8-17)15-21-25-19-3-1-2-4-20(19)26-21;15-14-17-9-13(20-14)10-18-7-3-12(4-8-18)19-11-1-5-16-6-2-11;9-5-8-10-6-3-1-2-4-7(6)11-8;1-14(2)20(13)23(19(11)12)24(21(15(3)4)16(5)6)22(17(7)8)18(9)10/h1-4,13,16-17H,5-12,14-15H2,(H2,23,24)(H,25,26);9,11-12,16H,1-8,10H2,(H2,15,17);1-4H,5H2,(H,10,11);. The van der Waals surface area contributed by atoms with E-state index >= 15 is 0 Å². The van der Waals surface area contributed by atoms with Gasteiger partial charge in [0.2, 0.25) is 0 Å². The fourth-order valence-electron chi connectivity index (χ4n) is 12.0. The number of aromatic nitrogens is 6. The van der Waals surface area contributed by atoms with Crippen molar-refractivity contribution in [1.29, 1.82) is 0 Å². The summed E-state index contributed by atoms with van der Waals surface area (Å²) in [4.78, 5) is 33.7. The van der Waals surface area contributed by atoms with Crippen molar-refractivity contribution >= 4 is 237 Å². The maximum absolute atomic E-state index is 6.47. The van der Waals surface area contributed by atoms with Crippen LogP contribution in [0.1, 0.15) is 72.8 Å². The summed E-state index contributed by atoms with van der Waals surface area (Å²) >= 11 is 8.80. The second-order valence-electron chi connectivity index (χ2n) is 22.9. The summed E-state index contributed by atoms with van der Waals surface area (Å²) < 4.78 is 12.7. The second kappa shape index (κ2) is 35.4. The molecule has 0 amide bonds. The summed E-state index contributed by atoms with van der Waals surface area (Å²) in [5.74, 6) is 2.33. The molecule has 14 nitrogen and oxygen atoms in total. The summed E-state index contributed by atoms with van der Waals surface area (Å²) in [6.45, 7) is 11.6. The number of alkyl halides is 1. The number of imidazole rings is 2. The Balaban J connectivity index is 0.000000170. The molecule has 0 spiro atoms. The Hall–Kier alpha value is -2.15. The van der Waals surface area contributed by atoms with Crippen LogP contribution in [0, 0.1) is 0 Å². The molecule has 26 radical (unpaired) electrons. The van der Waals surface area contributed by atoms with Crippen molar-refractivity contribution < 1.29 is 9.47 Å². The number of hydrogen-bond acceptors (Lipinski definition) is 14. The number of halogens is 1. The zero-order chi connectivity index (χ0) is 61.2. The first-order valence-corrected chi connectivity index (χ1v) is 31.8. The highest BCUT2D eigenvalue weighted by atomic mass is 35.5. The lowest BCUT2D eigenvalue weighted by Gasteiger charge is -2.46. The molecule has 400 valence electrons. The van der Waals surface area contributed by atoms with Gasteiger partial charge in [-0.15, -0.1) is 34.3 Å². The number of anilines is 2. The second-order valence-corrected chi connectivity index (χ2v) is 25.4. The van der Waals surface area contributed by atoms with Gasteiger partial charge in [-0.1, -0.05) is 24.3 Å². The van der Waals surface area contributed by atoms with Gasteiger partial charge in [0.25, 0.3) is 0 Å². The van der Waals surface area contributed by atoms with Crippen LogP contribution >= 0.6 is 34.3 Å². The largest absolute Gasteiger partial charge is 0.375 e. The third-order valence-electron chi connectivity index (χ3n) is 16.4. The van der Waals surface area contributed by atoms with Crippen LogP contribution in [-0.2, 0) is 35.0 Å². The van der Waals surface area contributed by atoms with Crippen LogP contribution in [0.25, 0.3) is 22.1 Å². The van der Waals surface area contributed by atoms with Gasteiger partial charge >= 0.3 is 0 Å². The molecule has 8 heterocycles. The van der Waals surface area contributed by atoms with Crippen molar-refractivity contribution in [3.8, 4) is 0 Å². The number of nitrogens with two attached hydrogens (primary N) is 2. The predicted octanol–water partition coefficient (Wildman–Crippen LogP) is -2.13. The molecule has 4 saturated heterocycles. The molecule has 0 unspecified atom stereocenters. The van der Waals surface area contributed by atoms with Gasteiger partial charge in [0.05, 0.1) is 58.9 Å². The van der Waals surface area contributed by atoms with Crippen molar-refractivity contribution in [2.75, 3.05) is 63.8 Å². The van der Waals surface area contributed by atoms with E-state index in [1.54, 1.807) is 22.7 Å². The summed E-state index contributed by atoms with van der Waals surface area (Å²) in [5, 5.41) is 4.72. The Morgan fingerprint density at radius 1 is 0.482 bits per heavy atom. The minimum Gasteiger partial charge on any atom is -0.375 e. The average molecular weight is 1150 g/mol. The highest BCUT2D eigenvalue weighted by molar-refractivity contribution is 8.23. The highest BCUT2D eigenvalue weighted by Gasteiger charge is 2.48. The van der Waals surface area contributed by atoms with Gasteiger partial charge in [-0.2, -0.15) is 0 Å². The third kappa shape index (κ3) is 22.0. The van der Waals surface area contributed by atoms with Gasteiger partial charge in [-0.05, 0) is 88.7 Å². The van der Waals surface area contributed by atoms with Crippen molar-refractivity contribution in [2.45, 2.75) is 101 Å². The molecule has 2 aromatic carbocycles. The minimum atomic E-state index is -0.973. The van der Waals surface area contributed by atoms with E-state index in [4.69, 9.17) is 138 Å². The van der Waals surface area contributed by atoms with E-state index in [1.165, 1.54) is 22.6 Å². The predicted molar refractivity (Wildman–Crippen MR) is 386 cm³/mol. The molecule has 4 aliphatic heterocycles. The van der Waals surface area contributed by atoms with Crippen LogP contribution in [0.5, 0.6) is 0 Å². The van der Waals surface area contributed by atoms with E-state index < -0.39 is 70.2 Å². The van der Waals surface area contributed by atoms with Gasteiger partial charge in [-0.25, -0.2) is 19.9 Å². The number of nitrogens with one attached hydrogen (secondary N) is 3. The van der Waals surface area contributed by atoms with E-state index in [9.17, 15) is 0 Å². The number of benzene rings is 2. The van der Waals surface area contributed by atoms with Gasteiger partial charge in [0.1, 0.15) is 11.6 Å². The number of piperidine rings is 4. The smallest absolute Gasteiger partial charge is 0.180 e. The maximum Gasteiger partial charge on any atom is 0.180 e. The van der Waals surface area contributed by atoms with E-state index in [0.717, 1.165) is 144 Å². The molecule has 0 saturated carbocycles. The summed E-state index contributed by atoms with van der Waals surface area (Å²) in [5.41, 5.74) is 15.6. The number of para-hydroxylation sites is 4. The van der Waals surface area contributed by atoms with E-state index in [0.29, 0.717) is 40.6 Å². The first-order chi connectivity index (χ1) is 40.7. The Kier molecular flexibility index (Phi) is 29.3. The molecule has 6 aromatic rings. The Morgan fingerprint density at radius 2 is 0.847 bits per heavy atom. The molecule has 7 N–H and O–H groups in total. The van der Waals surface area contributed by atoms with Crippen LogP contribution in [0.15, 0.2) is 60.9 Å². The maximum atomic E-state index is 6.47. The number of hydrogen-bond donors (Lipinski definition) is 5. The molecule has 4 aliphatic rings. The number of thiazole rings is 2. The monoisotopic (exact) mass is 1150 g/mol. The molecular formula is C44H61B24ClN12O2S2. The molecule has 10 rings (SSSR count). The summed E-state index contributed by atoms with van der Waals surface area (Å²) in [6.07, 6.45) is 5.08. The molecular weight excluding hydrogens is 1090 g/mol. The molecule has 85 heavy (non-hydrogen) atoms. The summed E-state index contributed by atoms with van der Waals surface area (Å²) in [6, 6.07) is 16.1. The van der Waals surface area contributed by atoms with Crippen LogP contribution in [0.4, 0.5) is 10.3 Å². The molecule has 4 aromatic heterocycles. The van der Waals surface area contributed by atoms with Crippen molar-refractivity contribution in [1.82, 2.24) is 49.9 Å². The number of ether oxygens (including phenoxy) is 2. The Labute approximate surface area is 540 Å². The highest BCUT2D eigenvalue weighted by Crippen LogP contribution is 2.26. The zero-order valence-corrected chi connectivity index (χ0v) is 51.3. The fourth-order valence-corrected chi connectivity index (χ4v) is 13.6. The van der Waals surface area contributed by atoms with Gasteiger partial charge in [-0.3, -0.25) is 14.7 Å². The number of H-pyrrole nitrogens is 2. The number of likely N-dealkylation sites (tertiary alicyclic amines) is 3. The number of nitrogen functional groups attached to an aromatic ring is 2. The minimum absolute atomic E-state index is 0.398. The number of nitrogens with zero attached hydrogens (tertiary/aromatic N) is 7. The molecule has 41 heteroatoms. The number of aromatic amines is 2. The van der Waals surface area contributed by atoms with Crippen molar-refractivity contribution in [2.24, 2.45) is 0 Å². The van der Waals surface area contributed by atoms with E-state index in [2.05, 4.69) is 57.1 Å². The molecule has 0 bridgehead atoms. The first-order valence-electron chi connectivity index (χ1n) is 29.6. The quantitative estimate of drug-likeness (QED) is 0.0392. The average Bonchev–Trinajstić information content (AvgIpc) is 4.40. The van der Waals surface area contributed by atoms with Crippen molar-refractivity contribution in [3.63, 3.8) is 0 Å². The van der Waals surface area contributed by atoms with Crippen LogP contribution in [-0.4, -0.2) is 292 Å². The summed E-state index contributed by atoms with van der Waals surface area (Å²) in [7, 11) is 76.2. The Bertz CT molecular complexity index is 2740. The van der Waals surface area contributed by atoms with E-state index in [-0.39, 0.29) is 0 Å². The van der Waals surface area contributed by atoms with Crippen LogP contribution in [0.3, 0.4) is 0 Å². The Morgan fingerprint density at radius 3 is 1.20 bits per heavy atom. The van der Waals surface area contributed by atoms with Gasteiger partial charge in [0.15, 0.2) is 10.3 Å². The van der Waals surface area contributed by atoms with Crippen LogP contribution in [0.2, 0.25) is 0 Å². The molecule has 0 aliphatic carbocycles. The van der Waals surface area contributed by atoms with Crippen LogP contribution < -0.4 is 16.8 Å². The van der Waals surface area contributed by atoms with Gasteiger partial charge in [0, 0.05) is 245 Å². The lowest BCUT2D eigenvalue weighted by Crippen LogP contribution is -2.84. The lowest BCUT2D eigenvalue weighted by atomic mass is 8.35. The normalized spacial score (nSPS) is 16.6. The first kappa shape index (κ1) is 70.3. The molecule has 0 atom stereocenters. The van der Waals surface area contributed by atoms with E-state index in [1.807, 2.05) is 48.8 Å². The van der Waals surface area contributed by atoms with Crippen molar-refractivity contribution in [3.05, 3.63) is 82.3 Å². The third-order valence-corrected chi connectivity index (χ3v) is 18.3. The zero-order valence-electron chi connectivity index (χ0n) is 48.9. The molecule has 4 fully saturated rings. The number of fused-ring (bicyclic) bond motifs is 2. The van der Waals surface area contributed by atoms with Gasteiger partial charge < -0.3 is 36.2 Å². The SMILES string of the molecule is ClCc1nc2ccccc2[nH]1.Nc1ncc(CN2CCC(OC3CCN(Cc4nc5ccccc5[nH]4)CC3)CC2)s1.Nc1ncc(CN2CCC(OC3CCNCC3)CC2)s1.[B]B([B])B([B])B(B([B])[B])B(B(B([B])[B])B([B])[B])B(B([B])[B])B([B])[B]. The fraction of sp³-hybridized carbons (Fsp3) is 0.545.